The first kappa shape index (κ1) is 21.3. The Balaban J connectivity index is 2.46. The van der Waals surface area contributed by atoms with E-state index in [-0.39, 0.29) is 37.5 Å². The predicted molar refractivity (Wildman–Crippen MR) is 99.5 cm³/mol. The van der Waals surface area contributed by atoms with Gasteiger partial charge in [0.1, 0.15) is 12.4 Å². The van der Waals surface area contributed by atoms with Crippen molar-refractivity contribution < 1.29 is 28.2 Å². The minimum absolute atomic E-state index is 0.0474. The summed E-state index contributed by atoms with van der Waals surface area (Å²) in [7, 11) is 3.01. The highest BCUT2D eigenvalue weighted by Gasteiger charge is 2.37. The molecule has 0 bridgehead atoms. The molecule has 1 aliphatic heterocycles. The Morgan fingerprint density at radius 3 is 2.63 bits per heavy atom. The van der Waals surface area contributed by atoms with E-state index in [9.17, 15) is 14.0 Å². The molecule has 2 rings (SSSR count). The minimum Gasteiger partial charge on any atom is -0.460 e. The first-order valence-electron chi connectivity index (χ1n) is 8.29. The van der Waals surface area contributed by atoms with Gasteiger partial charge in [-0.05, 0) is 25.1 Å². The third kappa shape index (κ3) is 5.06. The van der Waals surface area contributed by atoms with Gasteiger partial charge < -0.3 is 19.5 Å². The molecule has 0 fully saturated rings. The normalized spacial score (nSPS) is 17.1. The quantitative estimate of drug-likeness (QED) is 0.492. The zero-order chi connectivity index (χ0) is 20.0. The molecule has 0 aliphatic carbocycles. The number of allylic oxidation sites excluding steroid dienone is 1. The summed E-state index contributed by atoms with van der Waals surface area (Å²) < 4.78 is 30.2. The van der Waals surface area contributed by atoms with E-state index in [0.29, 0.717) is 10.2 Å². The predicted octanol–water partition coefficient (Wildman–Crippen LogP) is 2.76. The van der Waals surface area contributed by atoms with Gasteiger partial charge in [-0.2, -0.15) is 0 Å². The molecule has 0 saturated carbocycles. The molecule has 27 heavy (non-hydrogen) atoms. The van der Waals surface area contributed by atoms with Crippen LogP contribution in [0.5, 0.6) is 0 Å². The van der Waals surface area contributed by atoms with Crippen molar-refractivity contribution >= 4 is 27.9 Å². The zero-order valence-corrected chi connectivity index (χ0v) is 17.0. The molecule has 1 heterocycles. The highest BCUT2D eigenvalue weighted by atomic mass is 79.9. The smallest absolute Gasteiger partial charge is 0.338 e. The number of nitrogens with one attached hydrogen (secondary N) is 1. The maximum absolute atomic E-state index is 14.5. The molecule has 0 aromatic heterocycles. The van der Waals surface area contributed by atoms with Crippen molar-refractivity contribution in [2.24, 2.45) is 0 Å². The number of urea groups is 1. The maximum Gasteiger partial charge on any atom is 0.338 e. The van der Waals surface area contributed by atoms with E-state index in [0.717, 1.165) is 0 Å². The number of ether oxygens (including phenoxy) is 3. The van der Waals surface area contributed by atoms with Gasteiger partial charge in [-0.3, -0.25) is 4.90 Å². The molecular weight excluding hydrogens is 423 g/mol. The van der Waals surface area contributed by atoms with Gasteiger partial charge in [0.2, 0.25) is 0 Å². The molecule has 7 nitrogen and oxygen atoms in total. The van der Waals surface area contributed by atoms with E-state index in [1.54, 1.807) is 13.0 Å². The molecular formula is C18H22BrFN2O5. The van der Waals surface area contributed by atoms with Gasteiger partial charge in [-0.15, -0.1) is 0 Å². The highest BCUT2D eigenvalue weighted by molar-refractivity contribution is 9.10. The Morgan fingerprint density at radius 1 is 1.26 bits per heavy atom. The van der Waals surface area contributed by atoms with Gasteiger partial charge in [0, 0.05) is 30.0 Å². The average molecular weight is 445 g/mol. The molecule has 1 aromatic rings. The molecule has 2 amide bonds. The third-order valence-corrected chi connectivity index (χ3v) is 4.62. The number of carbonyl (C=O) groups excluding carboxylic acids is 2. The van der Waals surface area contributed by atoms with E-state index in [1.807, 2.05) is 0 Å². The topological polar surface area (TPSA) is 77.1 Å². The number of methoxy groups -OCH3 is 2. The Bertz CT molecular complexity index is 740. The minimum atomic E-state index is -0.969. The number of nitrogens with zero attached hydrogens (tertiary/aromatic N) is 1. The van der Waals surface area contributed by atoms with Crippen LogP contribution in [0.1, 0.15) is 18.5 Å². The van der Waals surface area contributed by atoms with E-state index in [2.05, 4.69) is 21.2 Å². The maximum atomic E-state index is 14.5. The van der Waals surface area contributed by atoms with Crippen LogP contribution in [0.3, 0.4) is 0 Å². The second kappa shape index (κ2) is 9.82. The first-order chi connectivity index (χ1) is 12.9. The fraction of sp³-hybridized carbons (Fsp3) is 0.444. The van der Waals surface area contributed by atoms with E-state index < -0.39 is 23.9 Å². The fourth-order valence-electron chi connectivity index (χ4n) is 2.76. The summed E-state index contributed by atoms with van der Waals surface area (Å²) in [5.41, 5.74) is 0.726. The lowest BCUT2D eigenvalue weighted by atomic mass is 9.94. The number of halogens is 2. The summed E-state index contributed by atoms with van der Waals surface area (Å²) in [5, 5.41) is 2.69. The summed E-state index contributed by atoms with van der Waals surface area (Å²) in [6.07, 6.45) is 0. The van der Waals surface area contributed by atoms with Gasteiger partial charge in [0.15, 0.2) is 0 Å². The Kier molecular flexibility index (Phi) is 7.76. The van der Waals surface area contributed by atoms with Crippen LogP contribution < -0.4 is 5.32 Å². The van der Waals surface area contributed by atoms with Gasteiger partial charge >= 0.3 is 12.0 Å². The van der Waals surface area contributed by atoms with Crippen molar-refractivity contribution in [3.63, 3.8) is 0 Å². The van der Waals surface area contributed by atoms with E-state index in [1.165, 1.54) is 31.3 Å². The van der Waals surface area contributed by atoms with E-state index in [4.69, 9.17) is 14.2 Å². The van der Waals surface area contributed by atoms with Crippen molar-refractivity contribution in [3.8, 4) is 0 Å². The number of carbonyl (C=O) groups is 2. The number of hydrogen-bond donors (Lipinski definition) is 1. The Morgan fingerprint density at radius 2 is 1.96 bits per heavy atom. The average Bonchev–Trinajstić information content (AvgIpc) is 2.63. The molecule has 148 valence electrons. The van der Waals surface area contributed by atoms with Crippen molar-refractivity contribution in [1.82, 2.24) is 10.2 Å². The summed E-state index contributed by atoms with van der Waals surface area (Å²) >= 11 is 3.29. The monoisotopic (exact) mass is 444 g/mol. The molecule has 9 heteroatoms. The molecule has 1 unspecified atom stereocenters. The van der Waals surface area contributed by atoms with Gasteiger partial charge in [0.25, 0.3) is 0 Å². The molecule has 0 saturated heterocycles. The molecule has 1 atom stereocenters. The van der Waals surface area contributed by atoms with Gasteiger partial charge in [-0.1, -0.05) is 15.9 Å². The number of rotatable bonds is 8. The summed E-state index contributed by atoms with van der Waals surface area (Å²) in [4.78, 5) is 26.6. The van der Waals surface area contributed by atoms with Crippen molar-refractivity contribution in [2.45, 2.75) is 13.0 Å². The molecule has 1 aromatic carbocycles. The summed E-state index contributed by atoms with van der Waals surface area (Å²) in [5.74, 6) is -1.18. The van der Waals surface area contributed by atoms with Crippen LogP contribution in [0.25, 0.3) is 0 Å². The lowest BCUT2D eigenvalue weighted by molar-refractivity contribution is -0.140. The van der Waals surface area contributed by atoms with Gasteiger partial charge in [0.05, 0.1) is 31.4 Å². The fourth-order valence-corrected chi connectivity index (χ4v) is 3.14. The second-order valence-electron chi connectivity index (χ2n) is 5.82. The van der Waals surface area contributed by atoms with Crippen LogP contribution in [0.4, 0.5) is 9.18 Å². The van der Waals surface area contributed by atoms with Gasteiger partial charge in [-0.25, -0.2) is 14.0 Å². The zero-order valence-electron chi connectivity index (χ0n) is 15.4. The number of esters is 1. The standard InChI is InChI=1S/C18H22BrFN2O5/c1-11-15(17(23)27-9-8-26-3)16(13-10-12(19)4-5-14(13)20)21-18(24)22(11)6-7-25-2/h4-5,10,16H,6-9H2,1-3H3,(H,21,24). The molecule has 0 spiro atoms. The largest absolute Gasteiger partial charge is 0.460 e. The second-order valence-corrected chi connectivity index (χ2v) is 6.74. The number of amides is 2. The number of benzene rings is 1. The van der Waals surface area contributed by atoms with Crippen molar-refractivity contribution in [1.29, 1.82) is 0 Å². The van der Waals surface area contributed by atoms with E-state index >= 15 is 0 Å². The molecule has 1 aliphatic rings. The van der Waals surface area contributed by atoms with Crippen LogP contribution in [-0.2, 0) is 19.0 Å². The van der Waals surface area contributed by atoms with Crippen molar-refractivity contribution in [2.75, 3.05) is 40.6 Å². The lowest BCUT2D eigenvalue weighted by Gasteiger charge is -2.35. The summed E-state index contributed by atoms with van der Waals surface area (Å²) in [6.45, 7) is 2.44. The Labute approximate surface area is 165 Å². The van der Waals surface area contributed by atoms with Crippen molar-refractivity contribution in [3.05, 3.63) is 45.3 Å². The van der Waals surface area contributed by atoms with Crippen LogP contribution in [0.2, 0.25) is 0 Å². The first-order valence-corrected chi connectivity index (χ1v) is 9.08. The van der Waals surface area contributed by atoms with Crippen LogP contribution in [0.15, 0.2) is 33.9 Å². The number of hydrogen-bond acceptors (Lipinski definition) is 5. The van der Waals surface area contributed by atoms with Crippen LogP contribution >= 0.6 is 15.9 Å². The highest BCUT2D eigenvalue weighted by Crippen LogP contribution is 2.33. The third-order valence-electron chi connectivity index (χ3n) is 4.12. The van der Waals surface area contributed by atoms with Crippen LogP contribution in [0, 0.1) is 5.82 Å². The molecule has 1 N–H and O–H groups in total. The summed E-state index contributed by atoms with van der Waals surface area (Å²) in [6, 6.07) is 2.93. The molecule has 0 radical (unpaired) electrons. The lowest BCUT2D eigenvalue weighted by Crippen LogP contribution is -2.49. The Hall–Kier alpha value is -1.97. The van der Waals surface area contributed by atoms with Crippen LogP contribution in [-0.4, -0.2) is 57.5 Å². The SMILES string of the molecule is COCCOC(=O)C1=C(C)N(CCOC)C(=O)NC1c1cc(Br)ccc1F.